The molecule has 2 rings (SSSR count). The lowest BCUT2D eigenvalue weighted by atomic mass is 10.2. The van der Waals surface area contributed by atoms with Crippen molar-refractivity contribution in [2.24, 2.45) is 0 Å². The largest absolute Gasteiger partial charge is 0.352 e. The summed E-state index contributed by atoms with van der Waals surface area (Å²) in [6, 6.07) is 6.44. The van der Waals surface area contributed by atoms with Crippen molar-refractivity contribution < 1.29 is 17.7 Å². The third-order valence-corrected chi connectivity index (χ3v) is 4.74. The molecule has 0 bridgehead atoms. The number of nitrogens with one attached hydrogen (secondary N) is 2. The van der Waals surface area contributed by atoms with E-state index in [0.717, 1.165) is 0 Å². The van der Waals surface area contributed by atoms with E-state index in [1.54, 1.807) is 19.1 Å². The van der Waals surface area contributed by atoms with Crippen molar-refractivity contribution >= 4 is 15.9 Å². The van der Waals surface area contributed by atoms with E-state index in [1.165, 1.54) is 19.2 Å². The van der Waals surface area contributed by atoms with Crippen molar-refractivity contribution in [3.05, 3.63) is 41.5 Å². The molecule has 0 spiro atoms. The number of hydrogen-bond acceptors (Lipinski definition) is 6. The predicted molar refractivity (Wildman–Crippen MR) is 86.5 cm³/mol. The molecule has 1 heterocycles. The Morgan fingerprint density at radius 1 is 1.33 bits per heavy atom. The van der Waals surface area contributed by atoms with Gasteiger partial charge in [-0.25, -0.2) is 13.1 Å². The van der Waals surface area contributed by atoms with Gasteiger partial charge in [0.2, 0.25) is 21.8 Å². The number of amides is 1. The molecule has 0 atom stereocenters. The van der Waals surface area contributed by atoms with Gasteiger partial charge in [0, 0.05) is 19.4 Å². The summed E-state index contributed by atoms with van der Waals surface area (Å²) in [6.45, 7) is 2.01. The summed E-state index contributed by atoms with van der Waals surface area (Å²) >= 11 is 0. The van der Waals surface area contributed by atoms with Gasteiger partial charge < -0.3 is 9.84 Å². The van der Waals surface area contributed by atoms with E-state index < -0.39 is 10.0 Å². The minimum atomic E-state index is -3.49. The normalized spacial score (nSPS) is 11.4. The highest BCUT2D eigenvalue weighted by Crippen LogP contribution is 2.11. The summed E-state index contributed by atoms with van der Waals surface area (Å²) in [5.74, 6) is 0.976. The van der Waals surface area contributed by atoms with Crippen LogP contribution >= 0.6 is 0 Å². The lowest BCUT2D eigenvalue weighted by Crippen LogP contribution is -2.23. The Morgan fingerprint density at radius 3 is 2.79 bits per heavy atom. The maximum absolute atomic E-state index is 11.8. The van der Waals surface area contributed by atoms with Gasteiger partial charge >= 0.3 is 0 Å². The van der Waals surface area contributed by atoms with Gasteiger partial charge in [0.1, 0.15) is 0 Å². The standard InChI is InChI=1S/C15H20N4O4S/c1-11-18-15(23-19-11)8-4-7-14(20)17-10-12-5-3-6-13(9-12)24(21,22)16-2/h3,5-6,9,16H,4,7-8,10H2,1-2H3,(H,17,20). The maximum Gasteiger partial charge on any atom is 0.240 e. The minimum absolute atomic E-state index is 0.117. The zero-order valence-electron chi connectivity index (χ0n) is 13.6. The van der Waals surface area contributed by atoms with Gasteiger partial charge in [-0.1, -0.05) is 17.3 Å². The van der Waals surface area contributed by atoms with E-state index in [4.69, 9.17) is 4.52 Å². The van der Waals surface area contributed by atoms with Crippen molar-refractivity contribution in [2.75, 3.05) is 7.05 Å². The lowest BCUT2D eigenvalue weighted by Gasteiger charge is -2.07. The van der Waals surface area contributed by atoms with Gasteiger partial charge in [0.05, 0.1) is 4.90 Å². The summed E-state index contributed by atoms with van der Waals surface area (Å²) < 4.78 is 30.7. The SMILES string of the molecule is CNS(=O)(=O)c1cccc(CNC(=O)CCCc2nc(C)no2)c1. The van der Waals surface area contributed by atoms with E-state index in [2.05, 4.69) is 20.2 Å². The molecule has 2 aromatic rings. The van der Waals surface area contributed by atoms with Crippen molar-refractivity contribution in [2.45, 2.75) is 37.6 Å². The zero-order valence-corrected chi connectivity index (χ0v) is 14.4. The molecule has 0 saturated heterocycles. The fraction of sp³-hybridized carbons (Fsp3) is 0.400. The average Bonchev–Trinajstić information content (AvgIpc) is 2.98. The molecule has 1 aromatic heterocycles. The van der Waals surface area contributed by atoms with Crippen molar-refractivity contribution in [1.29, 1.82) is 0 Å². The topological polar surface area (TPSA) is 114 Å². The van der Waals surface area contributed by atoms with Crippen LogP contribution in [0.25, 0.3) is 0 Å². The molecular formula is C15H20N4O4S. The Hall–Kier alpha value is -2.26. The number of carbonyl (C=O) groups excluding carboxylic acids is 1. The fourth-order valence-electron chi connectivity index (χ4n) is 2.07. The molecule has 1 amide bonds. The summed E-state index contributed by atoms with van der Waals surface area (Å²) in [5.41, 5.74) is 0.715. The van der Waals surface area contributed by atoms with Crippen molar-refractivity contribution in [3.63, 3.8) is 0 Å². The molecule has 0 unspecified atom stereocenters. The molecule has 0 aliphatic rings. The van der Waals surface area contributed by atoms with Crippen LogP contribution in [0, 0.1) is 6.92 Å². The van der Waals surface area contributed by atoms with Crippen molar-refractivity contribution in [1.82, 2.24) is 20.2 Å². The zero-order chi connectivity index (χ0) is 17.6. The number of carbonyl (C=O) groups is 1. The van der Waals surface area contributed by atoms with Crippen LogP contribution in [0.1, 0.15) is 30.1 Å². The Balaban J connectivity index is 1.80. The molecule has 24 heavy (non-hydrogen) atoms. The number of nitrogens with zero attached hydrogens (tertiary/aromatic N) is 2. The predicted octanol–water partition coefficient (Wildman–Crippen LogP) is 0.925. The monoisotopic (exact) mass is 352 g/mol. The molecule has 2 N–H and O–H groups in total. The highest BCUT2D eigenvalue weighted by Gasteiger charge is 2.11. The van der Waals surface area contributed by atoms with E-state index in [0.29, 0.717) is 36.5 Å². The Labute approximate surface area is 140 Å². The molecule has 0 radical (unpaired) electrons. The summed E-state index contributed by atoms with van der Waals surface area (Å²) in [7, 11) is -2.13. The molecule has 130 valence electrons. The second kappa shape index (κ2) is 8.02. The first kappa shape index (κ1) is 18.1. The third-order valence-electron chi connectivity index (χ3n) is 3.33. The van der Waals surface area contributed by atoms with Gasteiger partial charge in [-0.2, -0.15) is 4.98 Å². The Kier molecular flexibility index (Phi) is 6.04. The first-order valence-electron chi connectivity index (χ1n) is 7.49. The van der Waals surface area contributed by atoms with E-state index in [9.17, 15) is 13.2 Å². The molecule has 0 saturated carbocycles. The number of sulfonamides is 1. The van der Waals surface area contributed by atoms with Gasteiger partial charge in [-0.05, 0) is 38.1 Å². The van der Waals surface area contributed by atoms with Crippen LogP contribution in [0.5, 0.6) is 0 Å². The van der Waals surface area contributed by atoms with Crippen LogP contribution in [0.15, 0.2) is 33.7 Å². The minimum Gasteiger partial charge on any atom is -0.352 e. The van der Waals surface area contributed by atoms with Crippen LogP contribution in [-0.2, 0) is 27.8 Å². The first-order chi connectivity index (χ1) is 11.4. The quantitative estimate of drug-likeness (QED) is 0.730. The van der Waals surface area contributed by atoms with Gasteiger partial charge in [-0.3, -0.25) is 4.79 Å². The fourth-order valence-corrected chi connectivity index (χ4v) is 2.87. The summed E-state index contributed by atoms with van der Waals surface area (Å²) in [4.78, 5) is 16.1. The number of hydrogen-bond donors (Lipinski definition) is 2. The van der Waals surface area contributed by atoms with Crippen LogP contribution in [-0.4, -0.2) is 31.5 Å². The number of rotatable bonds is 8. The molecule has 8 nitrogen and oxygen atoms in total. The van der Waals surface area contributed by atoms with Gasteiger partial charge in [-0.15, -0.1) is 0 Å². The summed E-state index contributed by atoms with van der Waals surface area (Å²) in [5, 5.41) is 6.45. The summed E-state index contributed by atoms with van der Waals surface area (Å²) in [6.07, 6.45) is 1.47. The molecule has 0 aliphatic carbocycles. The average molecular weight is 352 g/mol. The first-order valence-corrected chi connectivity index (χ1v) is 8.97. The number of aromatic nitrogens is 2. The molecule has 0 fully saturated rings. The highest BCUT2D eigenvalue weighted by atomic mass is 32.2. The highest BCUT2D eigenvalue weighted by molar-refractivity contribution is 7.89. The molecule has 0 aliphatic heterocycles. The van der Waals surface area contributed by atoms with Crippen LogP contribution in [0.3, 0.4) is 0 Å². The van der Waals surface area contributed by atoms with Crippen molar-refractivity contribution in [3.8, 4) is 0 Å². The Bertz CT molecular complexity index is 801. The van der Waals surface area contributed by atoms with E-state index >= 15 is 0 Å². The van der Waals surface area contributed by atoms with E-state index in [1.807, 2.05) is 0 Å². The second-order valence-electron chi connectivity index (χ2n) is 5.22. The smallest absolute Gasteiger partial charge is 0.240 e. The van der Waals surface area contributed by atoms with Crippen LogP contribution in [0.4, 0.5) is 0 Å². The Morgan fingerprint density at radius 2 is 2.12 bits per heavy atom. The van der Waals surface area contributed by atoms with Crippen LogP contribution in [0.2, 0.25) is 0 Å². The molecular weight excluding hydrogens is 332 g/mol. The van der Waals surface area contributed by atoms with Gasteiger partial charge in [0.25, 0.3) is 0 Å². The third kappa shape index (κ3) is 5.14. The second-order valence-corrected chi connectivity index (χ2v) is 7.11. The number of aryl methyl sites for hydroxylation is 2. The molecule has 9 heteroatoms. The lowest BCUT2D eigenvalue weighted by molar-refractivity contribution is -0.121. The molecule has 1 aromatic carbocycles. The van der Waals surface area contributed by atoms with E-state index in [-0.39, 0.29) is 17.3 Å². The van der Waals surface area contributed by atoms with Gasteiger partial charge in [0.15, 0.2) is 5.82 Å². The maximum atomic E-state index is 11.8. The van der Waals surface area contributed by atoms with Crippen LogP contribution < -0.4 is 10.0 Å². The number of benzene rings is 1.